The molecular weight excluding hydrogens is 783 g/mol. The van der Waals surface area contributed by atoms with Crippen LogP contribution in [-0.4, -0.2) is 0 Å². The van der Waals surface area contributed by atoms with Crippen LogP contribution < -0.4 is 4.90 Å². The standard InChI is InChI=1S/C64H43N/c1-4-20-44(21-5-1)45-36-38-49(39-37-45)65(62-42-46-22-10-11-27-51(46)52-28-12-13-30-55(52)62)50-40-41-54-53-29-14-15-31-56(53)64(61(54)43-50)59-34-18-16-32-57(59)63(47-23-6-2-7-24-47,48-25-8-3-9-26-48)58-33-17-19-35-60(58)64/h1-43H. The molecule has 0 atom stereocenters. The van der Waals surface area contributed by atoms with Crippen molar-refractivity contribution in [3.63, 3.8) is 0 Å². The molecule has 0 unspecified atom stereocenters. The Morgan fingerprint density at radius 2 is 0.708 bits per heavy atom. The number of benzene rings is 11. The molecule has 0 aliphatic heterocycles. The number of fused-ring (bicyclic) bond motifs is 12. The van der Waals surface area contributed by atoms with Gasteiger partial charge < -0.3 is 4.90 Å². The van der Waals surface area contributed by atoms with Gasteiger partial charge in [0.15, 0.2) is 0 Å². The van der Waals surface area contributed by atoms with Crippen LogP contribution in [0.1, 0.15) is 44.5 Å². The maximum absolute atomic E-state index is 2.52. The van der Waals surface area contributed by atoms with E-state index in [1.165, 1.54) is 88.3 Å². The molecule has 1 spiro atoms. The van der Waals surface area contributed by atoms with E-state index in [1.807, 2.05) is 0 Å². The molecule has 13 rings (SSSR count). The van der Waals surface area contributed by atoms with Crippen molar-refractivity contribution in [2.24, 2.45) is 0 Å². The number of hydrogen-bond donors (Lipinski definition) is 0. The highest BCUT2D eigenvalue weighted by Crippen LogP contribution is 2.65. The quantitative estimate of drug-likeness (QED) is 0.151. The Kier molecular flexibility index (Phi) is 8.41. The summed E-state index contributed by atoms with van der Waals surface area (Å²) in [6, 6.07) is 97.3. The summed E-state index contributed by atoms with van der Waals surface area (Å²) < 4.78 is 0. The molecule has 0 aromatic heterocycles. The van der Waals surface area contributed by atoms with Crippen LogP contribution in [0.5, 0.6) is 0 Å². The average molecular weight is 826 g/mol. The zero-order valence-electron chi connectivity index (χ0n) is 35.8. The first-order valence-corrected chi connectivity index (χ1v) is 22.7. The van der Waals surface area contributed by atoms with Gasteiger partial charge in [-0.25, -0.2) is 0 Å². The first-order valence-electron chi connectivity index (χ1n) is 22.7. The van der Waals surface area contributed by atoms with Crippen molar-refractivity contribution in [1.82, 2.24) is 0 Å². The van der Waals surface area contributed by atoms with Crippen molar-refractivity contribution < 1.29 is 0 Å². The third-order valence-electron chi connectivity index (χ3n) is 14.4. The summed E-state index contributed by atoms with van der Waals surface area (Å²) in [6.45, 7) is 0. The van der Waals surface area contributed by atoms with Crippen molar-refractivity contribution in [3.05, 3.63) is 305 Å². The Hall–Kier alpha value is -8.26. The normalized spacial score (nSPS) is 13.8. The minimum Gasteiger partial charge on any atom is -0.310 e. The molecule has 65 heavy (non-hydrogen) atoms. The van der Waals surface area contributed by atoms with E-state index < -0.39 is 10.8 Å². The van der Waals surface area contributed by atoms with E-state index in [4.69, 9.17) is 0 Å². The maximum atomic E-state index is 2.52. The highest BCUT2D eigenvalue weighted by Gasteiger charge is 2.56. The summed E-state index contributed by atoms with van der Waals surface area (Å²) >= 11 is 0. The van der Waals surface area contributed by atoms with Gasteiger partial charge in [0.2, 0.25) is 0 Å². The minimum absolute atomic E-state index is 0.563. The molecule has 0 saturated carbocycles. The van der Waals surface area contributed by atoms with E-state index in [-0.39, 0.29) is 0 Å². The first kappa shape index (κ1) is 37.3. The SMILES string of the molecule is c1ccc(-c2ccc(N(c3ccc4c(c3)C3(c5ccccc5-4)c4ccccc4C(c4ccccc4)(c4ccccc4)c4ccccc43)c3cc4ccccc4c4ccccc34)cc2)cc1. The summed E-state index contributed by atoms with van der Waals surface area (Å²) in [6.07, 6.45) is 0. The second-order valence-electron chi connectivity index (χ2n) is 17.5. The smallest absolute Gasteiger partial charge is 0.0720 e. The molecule has 11 aromatic rings. The van der Waals surface area contributed by atoms with Crippen molar-refractivity contribution >= 4 is 38.6 Å². The van der Waals surface area contributed by atoms with Gasteiger partial charge in [0.25, 0.3) is 0 Å². The van der Waals surface area contributed by atoms with Crippen LogP contribution in [-0.2, 0) is 10.8 Å². The molecule has 304 valence electrons. The van der Waals surface area contributed by atoms with E-state index >= 15 is 0 Å². The second kappa shape index (κ2) is 14.7. The van der Waals surface area contributed by atoms with Crippen LogP contribution >= 0.6 is 0 Å². The predicted molar refractivity (Wildman–Crippen MR) is 271 cm³/mol. The molecule has 0 bridgehead atoms. The summed E-state index contributed by atoms with van der Waals surface area (Å²) in [5.74, 6) is 0. The van der Waals surface area contributed by atoms with E-state index in [1.54, 1.807) is 0 Å². The van der Waals surface area contributed by atoms with Crippen LogP contribution in [0.25, 0.3) is 43.8 Å². The molecule has 0 fully saturated rings. The van der Waals surface area contributed by atoms with Gasteiger partial charge in [0.05, 0.1) is 16.5 Å². The molecule has 0 amide bonds. The molecule has 0 heterocycles. The van der Waals surface area contributed by atoms with Crippen molar-refractivity contribution in [2.75, 3.05) is 4.90 Å². The minimum atomic E-state index is -0.615. The first-order chi connectivity index (χ1) is 32.3. The maximum Gasteiger partial charge on any atom is 0.0720 e. The van der Waals surface area contributed by atoms with Crippen LogP contribution in [0.4, 0.5) is 17.1 Å². The van der Waals surface area contributed by atoms with Gasteiger partial charge in [-0.1, -0.05) is 231 Å². The van der Waals surface area contributed by atoms with Gasteiger partial charge in [-0.05, 0) is 113 Å². The highest BCUT2D eigenvalue weighted by molar-refractivity contribution is 6.14. The lowest BCUT2D eigenvalue weighted by Gasteiger charge is -2.50. The fourth-order valence-corrected chi connectivity index (χ4v) is 11.8. The van der Waals surface area contributed by atoms with E-state index in [9.17, 15) is 0 Å². The Morgan fingerprint density at radius 3 is 1.34 bits per heavy atom. The van der Waals surface area contributed by atoms with E-state index in [0.29, 0.717) is 0 Å². The Morgan fingerprint density at radius 1 is 0.262 bits per heavy atom. The third-order valence-corrected chi connectivity index (χ3v) is 14.4. The molecule has 1 heteroatoms. The van der Waals surface area contributed by atoms with Crippen LogP contribution in [0, 0.1) is 0 Å². The zero-order chi connectivity index (χ0) is 43.0. The average Bonchev–Trinajstić information content (AvgIpc) is 3.68. The molecule has 0 saturated heterocycles. The highest BCUT2D eigenvalue weighted by atomic mass is 15.1. The number of nitrogens with zero attached hydrogens (tertiary/aromatic N) is 1. The van der Waals surface area contributed by atoms with Crippen LogP contribution in [0.3, 0.4) is 0 Å². The Balaban J connectivity index is 1.12. The van der Waals surface area contributed by atoms with Crippen molar-refractivity contribution in [3.8, 4) is 22.3 Å². The van der Waals surface area contributed by atoms with E-state index in [0.717, 1.165) is 17.1 Å². The summed E-state index contributed by atoms with van der Waals surface area (Å²) in [5.41, 5.74) is 17.5. The molecule has 2 aliphatic carbocycles. The Bertz CT molecular complexity index is 3500. The summed E-state index contributed by atoms with van der Waals surface area (Å²) in [7, 11) is 0. The van der Waals surface area contributed by atoms with E-state index in [2.05, 4.69) is 266 Å². The van der Waals surface area contributed by atoms with Gasteiger partial charge in [0, 0.05) is 16.8 Å². The molecule has 2 aliphatic rings. The lowest BCUT2D eigenvalue weighted by atomic mass is 9.51. The molecule has 1 nitrogen and oxygen atoms in total. The number of anilines is 3. The zero-order valence-corrected chi connectivity index (χ0v) is 35.8. The number of rotatable bonds is 6. The summed E-state index contributed by atoms with van der Waals surface area (Å²) in [4.78, 5) is 2.50. The largest absolute Gasteiger partial charge is 0.310 e. The van der Waals surface area contributed by atoms with Crippen molar-refractivity contribution in [1.29, 1.82) is 0 Å². The van der Waals surface area contributed by atoms with Crippen LogP contribution in [0.2, 0.25) is 0 Å². The molecular formula is C64H43N. The molecule has 0 N–H and O–H groups in total. The second-order valence-corrected chi connectivity index (χ2v) is 17.5. The van der Waals surface area contributed by atoms with Gasteiger partial charge in [0.1, 0.15) is 0 Å². The lowest BCUT2D eigenvalue weighted by Crippen LogP contribution is -2.44. The van der Waals surface area contributed by atoms with Crippen molar-refractivity contribution in [2.45, 2.75) is 10.8 Å². The van der Waals surface area contributed by atoms with Gasteiger partial charge in [-0.2, -0.15) is 0 Å². The Labute approximate surface area is 380 Å². The molecule has 11 aromatic carbocycles. The third kappa shape index (κ3) is 5.33. The fraction of sp³-hybridized carbons (Fsp3) is 0.0312. The molecule has 0 radical (unpaired) electrons. The van der Waals surface area contributed by atoms with Gasteiger partial charge >= 0.3 is 0 Å². The fourth-order valence-electron chi connectivity index (χ4n) is 11.8. The van der Waals surface area contributed by atoms with Gasteiger partial charge in [-0.15, -0.1) is 0 Å². The monoisotopic (exact) mass is 825 g/mol. The van der Waals surface area contributed by atoms with Gasteiger partial charge in [-0.3, -0.25) is 0 Å². The topological polar surface area (TPSA) is 3.24 Å². The van der Waals surface area contributed by atoms with Crippen LogP contribution in [0.15, 0.2) is 261 Å². The summed E-state index contributed by atoms with van der Waals surface area (Å²) in [5, 5.41) is 4.92. The lowest BCUT2D eigenvalue weighted by molar-refractivity contribution is 0.623. The number of hydrogen-bond acceptors (Lipinski definition) is 1. The predicted octanol–water partition coefficient (Wildman–Crippen LogP) is 16.2.